The second-order valence-corrected chi connectivity index (χ2v) is 19.9. The molecule has 3 amide bonds. The maximum absolute atomic E-state index is 13.1. The Morgan fingerprint density at radius 2 is 1.05 bits per heavy atom. The lowest BCUT2D eigenvalue weighted by Gasteiger charge is -2.12. The highest BCUT2D eigenvalue weighted by molar-refractivity contribution is 7.90. The van der Waals surface area contributed by atoms with Crippen molar-refractivity contribution in [3.8, 4) is 5.75 Å². The minimum Gasteiger partial charge on any atom is -0.494 e. The molecule has 0 spiro atoms. The molecule has 1 aromatic carbocycles. The molecule has 2 aromatic rings. The lowest BCUT2D eigenvalue weighted by atomic mass is 10.0. The van der Waals surface area contributed by atoms with Crippen molar-refractivity contribution < 1.29 is 75.6 Å². The van der Waals surface area contributed by atoms with Gasteiger partial charge in [0.25, 0.3) is 17.7 Å². The second-order valence-electron chi connectivity index (χ2n) is 17.9. The van der Waals surface area contributed by atoms with Crippen LogP contribution in [0.4, 0.5) is 0 Å². The number of carbonyl (C=O) groups is 7. The van der Waals surface area contributed by atoms with Crippen LogP contribution in [0.2, 0.25) is 0 Å². The topological polar surface area (TPSA) is 270 Å². The van der Waals surface area contributed by atoms with Gasteiger partial charge >= 0.3 is 11.9 Å². The number of imide groups is 1. The highest BCUT2D eigenvalue weighted by atomic mass is 32.2. The maximum Gasteiger partial charge on any atom is 0.358 e. The van der Waals surface area contributed by atoms with E-state index in [2.05, 4.69) is 20.1 Å². The Hall–Kier alpha value is -5.22. The number of aliphatic carboxylic acids is 1. The van der Waals surface area contributed by atoms with Gasteiger partial charge in [-0.05, 0) is 62.8 Å². The summed E-state index contributed by atoms with van der Waals surface area (Å²) in [6.45, 7) is 2.00. The van der Waals surface area contributed by atoms with Crippen LogP contribution in [0.25, 0.3) is 0 Å². The third-order valence-corrected chi connectivity index (χ3v) is 13.2. The number of unbranched alkanes of at least 4 members (excludes halogenated alkanes) is 14. The van der Waals surface area contributed by atoms with Crippen LogP contribution in [0.3, 0.4) is 0 Å². The number of amides is 3. The van der Waals surface area contributed by atoms with Gasteiger partial charge in [0.15, 0.2) is 15.6 Å². The number of rotatable bonds is 46. The van der Waals surface area contributed by atoms with Gasteiger partial charge in [0.2, 0.25) is 0 Å². The first-order chi connectivity index (χ1) is 35.3. The first-order valence-electron chi connectivity index (χ1n) is 26.0. The van der Waals surface area contributed by atoms with E-state index >= 15 is 0 Å². The van der Waals surface area contributed by atoms with Crippen LogP contribution in [0, 0.1) is 0 Å². The molecule has 1 saturated heterocycles. The molecule has 1 aromatic heterocycles. The maximum atomic E-state index is 13.1. The summed E-state index contributed by atoms with van der Waals surface area (Å²) >= 11 is 0. The number of aromatic nitrogens is 2. The SMILES string of the molecule is O=C(O)CCCCCCCCCCCCCCCOc1ccc(S(=O)(=O)Cc2ncc(C(=O)NCCCCCC(=O)CCCOCCOCC(=O)CCCOCCOCC(=O)ON3C(=O)CCC3=O)cn2)cc1. The summed E-state index contributed by atoms with van der Waals surface area (Å²) in [6, 6.07) is 6.33. The Morgan fingerprint density at radius 3 is 1.64 bits per heavy atom. The number of hydrogen-bond donors (Lipinski definition) is 2. The molecule has 20 nitrogen and oxygen atoms in total. The van der Waals surface area contributed by atoms with Gasteiger partial charge in [-0.15, -0.1) is 5.06 Å². The van der Waals surface area contributed by atoms with Crippen LogP contribution in [-0.4, -0.2) is 136 Å². The summed E-state index contributed by atoms with van der Waals surface area (Å²) in [5.74, 6) is -2.75. The highest BCUT2D eigenvalue weighted by Crippen LogP contribution is 2.20. The van der Waals surface area contributed by atoms with E-state index in [0.29, 0.717) is 82.3 Å². The van der Waals surface area contributed by atoms with Crippen molar-refractivity contribution in [2.75, 3.05) is 66.0 Å². The molecule has 0 radical (unpaired) electrons. The van der Waals surface area contributed by atoms with E-state index in [1.54, 1.807) is 12.1 Å². The predicted octanol–water partition coefficient (Wildman–Crippen LogP) is 7.04. The Morgan fingerprint density at radius 1 is 0.562 bits per heavy atom. The lowest BCUT2D eigenvalue weighted by molar-refractivity contribution is -0.200. The molecular formula is C52H78N4O16S. The van der Waals surface area contributed by atoms with E-state index in [1.807, 2.05) is 0 Å². The largest absolute Gasteiger partial charge is 0.494 e. The number of benzene rings is 1. The van der Waals surface area contributed by atoms with Gasteiger partial charge in [-0.25, -0.2) is 23.2 Å². The third-order valence-electron chi connectivity index (χ3n) is 11.6. The standard InChI is InChI=1S/C52H78N4O16S/c57-43(20-17-30-67-33-35-69-39-44(58)21-18-31-68-34-36-70-40-51(63)72-56-48(59)27-28-49(56)60)19-13-12-15-29-53-52(64)42-37-54-47(55-38-42)41-73(65,66)46-25-23-45(24-26-46)71-32-16-11-9-7-5-3-1-2-4-6-8-10-14-22-50(61)62/h23-26,37-38H,1-22,27-36,39-41H2,(H,53,64)(H,61,62). The van der Waals surface area contributed by atoms with Gasteiger partial charge in [-0.3, -0.25) is 28.8 Å². The number of nitrogens with one attached hydrogen (secondary N) is 1. The van der Waals surface area contributed by atoms with Crippen molar-refractivity contribution in [1.82, 2.24) is 20.3 Å². The smallest absolute Gasteiger partial charge is 0.358 e. The summed E-state index contributed by atoms with van der Waals surface area (Å²) in [7, 11) is -3.73. The normalized spacial score (nSPS) is 12.6. The summed E-state index contributed by atoms with van der Waals surface area (Å²) in [5.41, 5.74) is 0.213. The fourth-order valence-corrected chi connectivity index (χ4v) is 8.70. The van der Waals surface area contributed by atoms with Crippen LogP contribution in [0.15, 0.2) is 41.6 Å². The van der Waals surface area contributed by atoms with Crippen LogP contribution in [0.1, 0.15) is 170 Å². The van der Waals surface area contributed by atoms with Crippen molar-refractivity contribution in [3.05, 3.63) is 48.0 Å². The second kappa shape index (κ2) is 38.4. The number of nitrogens with zero attached hydrogens (tertiary/aromatic N) is 3. The Kier molecular flexibility index (Phi) is 32.6. The van der Waals surface area contributed by atoms with Crippen LogP contribution in [0.5, 0.6) is 5.75 Å². The zero-order chi connectivity index (χ0) is 52.8. The minimum atomic E-state index is -3.73. The molecule has 1 fully saturated rings. The van der Waals surface area contributed by atoms with Crippen molar-refractivity contribution in [2.24, 2.45) is 0 Å². The zero-order valence-corrected chi connectivity index (χ0v) is 43.4. The lowest BCUT2D eigenvalue weighted by Crippen LogP contribution is -2.33. The number of carboxylic acids is 1. The fraction of sp³-hybridized carbons (Fsp3) is 0.673. The van der Waals surface area contributed by atoms with Crippen molar-refractivity contribution in [3.63, 3.8) is 0 Å². The number of hydroxylamine groups is 2. The van der Waals surface area contributed by atoms with E-state index in [9.17, 15) is 42.0 Å². The number of hydrogen-bond acceptors (Lipinski definition) is 17. The number of carbonyl (C=O) groups excluding carboxylic acids is 6. The molecule has 2 heterocycles. The molecule has 73 heavy (non-hydrogen) atoms. The Balaban J connectivity index is 1.09. The molecule has 0 unspecified atom stereocenters. The molecule has 1 aliphatic heterocycles. The van der Waals surface area contributed by atoms with E-state index < -0.39 is 45.9 Å². The van der Waals surface area contributed by atoms with Gasteiger partial charge in [-0.1, -0.05) is 77.0 Å². The summed E-state index contributed by atoms with van der Waals surface area (Å²) in [4.78, 5) is 95.1. The van der Waals surface area contributed by atoms with E-state index in [4.69, 9.17) is 28.8 Å². The summed E-state index contributed by atoms with van der Waals surface area (Å²) < 4.78 is 53.3. The zero-order valence-electron chi connectivity index (χ0n) is 42.5. The molecule has 3 rings (SSSR count). The van der Waals surface area contributed by atoms with E-state index in [0.717, 1.165) is 44.9 Å². The minimum absolute atomic E-state index is 0.0111. The summed E-state index contributed by atoms with van der Waals surface area (Å²) in [6.07, 6.45) is 21.9. The number of Topliss-reactive ketones (excluding diaryl/α,β-unsaturated/α-hetero) is 2. The number of carboxylic acid groups (broad SMARTS) is 1. The highest BCUT2D eigenvalue weighted by Gasteiger charge is 2.32. The molecule has 0 aliphatic carbocycles. The average Bonchev–Trinajstić information content (AvgIpc) is 3.68. The monoisotopic (exact) mass is 1050 g/mol. The first kappa shape index (κ1) is 62.1. The van der Waals surface area contributed by atoms with Gasteiger partial charge in [0.05, 0.1) is 43.5 Å². The molecule has 2 N–H and O–H groups in total. The number of ketones is 2. The molecule has 0 atom stereocenters. The van der Waals surface area contributed by atoms with Gasteiger partial charge < -0.3 is 38.9 Å². The van der Waals surface area contributed by atoms with Crippen LogP contribution < -0.4 is 10.1 Å². The van der Waals surface area contributed by atoms with Crippen molar-refractivity contribution >= 4 is 51.1 Å². The predicted molar refractivity (Wildman–Crippen MR) is 267 cm³/mol. The number of sulfone groups is 1. The molecule has 21 heteroatoms. The Labute approximate surface area is 430 Å². The third kappa shape index (κ3) is 29.9. The van der Waals surface area contributed by atoms with Crippen molar-refractivity contribution in [1.29, 1.82) is 0 Å². The Bertz CT molecular complexity index is 2040. The van der Waals surface area contributed by atoms with E-state index in [1.165, 1.54) is 69.5 Å². The van der Waals surface area contributed by atoms with Gasteiger partial charge in [0.1, 0.15) is 36.3 Å². The number of ether oxygens (including phenoxy) is 5. The fourth-order valence-electron chi connectivity index (χ4n) is 7.49. The quantitative estimate of drug-likeness (QED) is 0.0497. The van der Waals surface area contributed by atoms with Gasteiger partial charge in [-0.2, -0.15) is 0 Å². The van der Waals surface area contributed by atoms with Gasteiger partial charge in [0, 0.05) is 70.7 Å². The summed E-state index contributed by atoms with van der Waals surface area (Å²) in [5, 5.41) is 11.9. The van der Waals surface area contributed by atoms with Crippen molar-refractivity contribution in [2.45, 2.75) is 165 Å². The van der Waals surface area contributed by atoms with Crippen LogP contribution >= 0.6 is 0 Å². The molecule has 0 bridgehead atoms. The molecule has 0 saturated carbocycles. The van der Waals surface area contributed by atoms with E-state index in [-0.39, 0.29) is 85.9 Å². The molecular weight excluding hydrogens is 969 g/mol. The first-order valence-corrected chi connectivity index (χ1v) is 27.7. The molecule has 408 valence electrons. The van der Waals surface area contributed by atoms with Crippen LogP contribution in [-0.2, 0) is 68.1 Å². The average molecular weight is 1050 g/mol. The molecule has 1 aliphatic rings.